The fourth-order valence-electron chi connectivity index (χ4n) is 2.52. The zero-order valence-electron chi connectivity index (χ0n) is 10.7. The van der Waals surface area contributed by atoms with E-state index in [1.165, 1.54) is 5.56 Å². The van der Waals surface area contributed by atoms with Gasteiger partial charge in [0, 0.05) is 18.2 Å². The average Bonchev–Trinajstić information content (AvgIpc) is 3.10. The first-order valence-corrected chi connectivity index (χ1v) is 7.43. The number of hydrogen-bond acceptors (Lipinski definition) is 3. The van der Waals surface area contributed by atoms with Gasteiger partial charge in [-0.15, -0.1) is 5.10 Å². The SMILES string of the molecule is Brc1cccn2nc(NC3CC3c3ccccc3)nc12. The second kappa shape index (κ2) is 4.59. The van der Waals surface area contributed by atoms with Crippen molar-refractivity contribution in [3.63, 3.8) is 0 Å². The first kappa shape index (κ1) is 11.9. The number of anilines is 1. The quantitative estimate of drug-likeness (QED) is 0.800. The van der Waals surface area contributed by atoms with Gasteiger partial charge in [0.1, 0.15) is 0 Å². The summed E-state index contributed by atoms with van der Waals surface area (Å²) in [6.45, 7) is 0. The van der Waals surface area contributed by atoms with E-state index in [4.69, 9.17) is 0 Å². The normalized spacial score (nSPS) is 21.1. The smallest absolute Gasteiger partial charge is 0.243 e. The zero-order valence-corrected chi connectivity index (χ0v) is 12.3. The Kier molecular flexibility index (Phi) is 2.73. The summed E-state index contributed by atoms with van der Waals surface area (Å²) in [5.41, 5.74) is 2.22. The van der Waals surface area contributed by atoms with Crippen LogP contribution in [0.25, 0.3) is 5.65 Å². The number of fused-ring (bicyclic) bond motifs is 1. The molecule has 1 fully saturated rings. The van der Waals surface area contributed by atoms with Crippen molar-refractivity contribution in [2.24, 2.45) is 0 Å². The van der Waals surface area contributed by atoms with Crippen molar-refractivity contribution in [3.05, 3.63) is 58.7 Å². The van der Waals surface area contributed by atoms with Gasteiger partial charge in [-0.3, -0.25) is 0 Å². The fraction of sp³-hybridized carbons (Fsp3) is 0.200. The van der Waals surface area contributed by atoms with Gasteiger partial charge in [-0.25, -0.2) is 4.52 Å². The van der Waals surface area contributed by atoms with Gasteiger partial charge in [-0.1, -0.05) is 30.3 Å². The van der Waals surface area contributed by atoms with Gasteiger partial charge in [-0.05, 0) is 40.0 Å². The second-order valence-corrected chi connectivity index (χ2v) is 5.92. The van der Waals surface area contributed by atoms with E-state index in [-0.39, 0.29) is 0 Å². The number of pyridine rings is 1. The minimum absolute atomic E-state index is 0.439. The van der Waals surface area contributed by atoms with Crippen LogP contribution in [0.2, 0.25) is 0 Å². The second-order valence-electron chi connectivity index (χ2n) is 5.06. The number of benzene rings is 1. The predicted molar refractivity (Wildman–Crippen MR) is 81.9 cm³/mol. The summed E-state index contributed by atoms with van der Waals surface area (Å²) in [6.07, 6.45) is 3.04. The largest absolute Gasteiger partial charge is 0.350 e. The van der Waals surface area contributed by atoms with E-state index in [1.807, 2.05) is 18.3 Å². The van der Waals surface area contributed by atoms with E-state index in [2.05, 4.69) is 61.7 Å². The minimum Gasteiger partial charge on any atom is -0.350 e. The number of halogens is 1. The van der Waals surface area contributed by atoms with Gasteiger partial charge in [-0.2, -0.15) is 4.98 Å². The summed E-state index contributed by atoms with van der Waals surface area (Å²) >= 11 is 3.49. The predicted octanol–water partition coefficient (Wildman–Crippen LogP) is 3.46. The zero-order chi connectivity index (χ0) is 13.5. The highest BCUT2D eigenvalue weighted by atomic mass is 79.9. The molecule has 2 heterocycles. The Morgan fingerprint density at radius 1 is 1.15 bits per heavy atom. The van der Waals surface area contributed by atoms with Crippen molar-refractivity contribution >= 4 is 27.5 Å². The maximum Gasteiger partial charge on any atom is 0.243 e. The molecule has 2 atom stereocenters. The van der Waals surface area contributed by atoms with E-state index < -0.39 is 0 Å². The molecule has 1 aliphatic carbocycles. The standard InChI is InChI=1S/C15H13BrN4/c16-12-7-4-8-20-14(12)18-15(19-20)17-13-9-11(13)10-5-2-1-3-6-10/h1-8,11,13H,9H2,(H,17,19). The van der Waals surface area contributed by atoms with Gasteiger partial charge in [0.2, 0.25) is 5.95 Å². The van der Waals surface area contributed by atoms with E-state index >= 15 is 0 Å². The third-order valence-corrected chi connectivity index (χ3v) is 4.27. The molecule has 2 unspecified atom stereocenters. The Bertz CT molecular complexity index is 753. The molecule has 0 bridgehead atoms. The monoisotopic (exact) mass is 328 g/mol. The van der Waals surface area contributed by atoms with Crippen molar-refractivity contribution in [1.29, 1.82) is 0 Å². The molecule has 5 heteroatoms. The van der Waals surface area contributed by atoms with Crippen LogP contribution < -0.4 is 5.32 Å². The van der Waals surface area contributed by atoms with E-state index in [0.29, 0.717) is 17.9 Å². The molecular formula is C15H13BrN4. The van der Waals surface area contributed by atoms with Gasteiger partial charge in [0.25, 0.3) is 0 Å². The van der Waals surface area contributed by atoms with Crippen LogP contribution >= 0.6 is 15.9 Å². The summed E-state index contributed by atoms with van der Waals surface area (Å²) in [6, 6.07) is 14.9. The Morgan fingerprint density at radius 3 is 2.80 bits per heavy atom. The summed E-state index contributed by atoms with van der Waals surface area (Å²) in [7, 11) is 0. The summed E-state index contributed by atoms with van der Waals surface area (Å²) in [5, 5.41) is 7.86. The molecule has 20 heavy (non-hydrogen) atoms. The van der Waals surface area contributed by atoms with Crippen LogP contribution in [-0.4, -0.2) is 20.6 Å². The van der Waals surface area contributed by atoms with E-state index in [0.717, 1.165) is 16.5 Å². The van der Waals surface area contributed by atoms with Crippen LogP contribution in [-0.2, 0) is 0 Å². The topological polar surface area (TPSA) is 42.2 Å². The molecule has 1 aliphatic rings. The Labute approximate surface area is 125 Å². The number of aromatic nitrogens is 3. The first-order chi connectivity index (χ1) is 9.81. The van der Waals surface area contributed by atoms with Gasteiger partial charge in [0.15, 0.2) is 5.65 Å². The average molecular weight is 329 g/mol. The number of rotatable bonds is 3. The fourth-order valence-corrected chi connectivity index (χ4v) is 2.95. The Balaban J connectivity index is 1.54. The molecular weight excluding hydrogens is 316 g/mol. The molecule has 0 radical (unpaired) electrons. The first-order valence-electron chi connectivity index (χ1n) is 6.63. The molecule has 3 aromatic rings. The maximum atomic E-state index is 4.51. The molecule has 2 aromatic heterocycles. The van der Waals surface area contributed by atoms with E-state index in [1.54, 1.807) is 4.52 Å². The lowest BCUT2D eigenvalue weighted by Gasteiger charge is -2.00. The molecule has 1 N–H and O–H groups in total. The van der Waals surface area contributed by atoms with E-state index in [9.17, 15) is 0 Å². The third-order valence-electron chi connectivity index (χ3n) is 3.65. The minimum atomic E-state index is 0.439. The lowest BCUT2D eigenvalue weighted by molar-refractivity contribution is 0.939. The molecule has 0 amide bonds. The van der Waals surface area contributed by atoms with Crippen molar-refractivity contribution in [2.45, 2.75) is 18.4 Å². The Morgan fingerprint density at radius 2 is 2.00 bits per heavy atom. The lowest BCUT2D eigenvalue weighted by atomic mass is 10.1. The van der Waals surface area contributed by atoms with Crippen molar-refractivity contribution in [3.8, 4) is 0 Å². The van der Waals surface area contributed by atoms with Crippen molar-refractivity contribution < 1.29 is 0 Å². The number of nitrogens with zero attached hydrogens (tertiary/aromatic N) is 3. The summed E-state index contributed by atoms with van der Waals surface area (Å²) in [4.78, 5) is 4.51. The highest BCUT2D eigenvalue weighted by Gasteiger charge is 2.38. The molecule has 0 spiro atoms. The van der Waals surface area contributed by atoms with Crippen LogP contribution in [0.5, 0.6) is 0 Å². The van der Waals surface area contributed by atoms with Crippen LogP contribution in [0.3, 0.4) is 0 Å². The van der Waals surface area contributed by atoms with Gasteiger partial charge >= 0.3 is 0 Å². The lowest BCUT2D eigenvalue weighted by Crippen LogP contribution is -2.05. The van der Waals surface area contributed by atoms with Crippen LogP contribution in [0.15, 0.2) is 53.1 Å². The third kappa shape index (κ3) is 2.08. The van der Waals surface area contributed by atoms with Gasteiger partial charge < -0.3 is 5.32 Å². The molecule has 0 saturated heterocycles. The Hall–Kier alpha value is -1.88. The molecule has 0 aliphatic heterocycles. The number of hydrogen-bond donors (Lipinski definition) is 1. The summed E-state index contributed by atoms with van der Waals surface area (Å²) < 4.78 is 2.74. The van der Waals surface area contributed by atoms with Crippen molar-refractivity contribution in [1.82, 2.24) is 14.6 Å². The molecule has 4 nitrogen and oxygen atoms in total. The molecule has 100 valence electrons. The maximum absolute atomic E-state index is 4.51. The highest BCUT2D eigenvalue weighted by molar-refractivity contribution is 9.10. The van der Waals surface area contributed by atoms with Crippen LogP contribution in [0.4, 0.5) is 5.95 Å². The summed E-state index contributed by atoms with van der Waals surface area (Å²) in [5.74, 6) is 1.27. The van der Waals surface area contributed by atoms with Crippen LogP contribution in [0.1, 0.15) is 17.9 Å². The van der Waals surface area contributed by atoms with Crippen molar-refractivity contribution in [2.75, 3.05) is 5.32 Å². The molecule has 1 saturated carbocycles. The van der Waals surface area contributed by atoms with Crippen LogP contribution in [0, 0.1) is 0 Å². The van der Waals surface area contributed by atoms with Gasteiger partial charge in [0.05, 0.1) is 4.47 Å². The molecule has 1 aromatic carbocycles. The number of nitrogens with one attached hydrogen (secondary N) is 1. The molecule has 4 rings (SSSR count). The highest BCUT2D eigenvalue weighted by Crippen LogP contribution is 2.42.